The number of hydrogen-bond acceptors (Lipinski definition) is 4. The third-order valence-electron chi connectivity index (χ3n) is 13.8. The average molecular weight is 1420 g/mol. The van der Waals surface area contributed by atoms with E-state index in [4.69, 9.17) is 0 Å². The van der Waals surface area contributed by atoms with Crippen LogP contribution in [0.25, 0.3) is 110 Å². The first-order valence-electron chi connectivity index (χ1n) is 26.5. The van der Waals surface area contributed by atoms with Gasteiger partial charge in [-0.25, -0.2) is 11.3 Å². The molecule has 0 saturated heterocycles. The van der Waals surface area contributed by atoms with Gasteiger partial charge in [-0.1, -0.05) is 168 Å². The van der Waals surface area contributed by atoms with Crippen LogP contribution in [-0.4, -0.2) is 15.0 Å². The van der Waals surface area contributed by atoms with Gasteiger partial charge in [-0.15, -0.1) is 94.4 Å². The molecule has 4 aromatic heterocycles. The Labute approximate surface area is 507 Å². The van der Waals surface area contributed by atoms with Gasteiger partial charge in [-0.05, 0) is 159 Å². The molecular weight excluding hydrogens is 1360 g/mol. The van der Waals surface area contributed by atoms with Gasteiger partial charge in [0.25, 0.3) is 0 Å². The average Bonchev–Trinajstić information content (AvgIpc) is 4.09. The summed E-state index contributed by atoms with van der Waals surface area (Å²) in [5.41, 5.74) is 24.4. The number of aryl methyl sites for hydroxylation is 4. The molecule has 3 nitrogen and oxygen atoms in total. The summed E-state index contributed by atoms with van der Waals surface area (Å²) in [6.07, 6.45) is 5.46. The third-order valence-corrected chi connectivity index (χ3v) is 14.9. The Morgan fingerprint density at radius 3 is 0.951 bits per heavy atom. The fourth-order valence-electron chi connectivity index (χ4n) is 9.40. The largest absolute Gasteiger partial charge is 0.305 e. The van der Waals surface area contributed by atoms with E-state index in [-0.39, 0.29) is 40.2 Å². The van der Waals surface area contributed by atoms with Gasteiger partial charge in [0.2, 0.25) is 0 Å². The number of rotatable bonds is 9. The van der Waals surface area contributed by atoms with Crippen molar-refractivity contribution >= 4 is 21.4 Å². The Bertz CT molecular complexity index is 3750. The smallest absolute Gasteiger partial charge is 0.0161 e. The summed E-state index contributed by atoms with van der Waals surface area (Å²) in [7, 11) is 0. The fourth-order valence-corrected chi connectivity index (χ4v) is 10.4. The van der Waals surface area contributed by atoms with E-state index in [9.17, 15) is 0 Å². The van der Waals surface area contributed by atoms with E-state index in [1.54, 1.807) is 11.3 Å². The van der Waals surface area contributed by atoms with Gasteiger partial charge in [0, 0.05) is 64.5 Å². The van der Waals surface area contributed by atoms with Crippen molar-refractivity contribution in [2.24, 2.45) is 0 Å². The minimum Gasteiger partial charge on any atom is -0.305 e. The minimum atomic E-state index is 0. The molecule has 0 amide bonds. The van der Waals surface area contributed by atoms with Crippen LogP contribution in [0.4, 0.5) is 0 Å². The first kappa shape index (κ1) is 57.4. The molecule has 6 heteroatoms. The molecule has 13 aromatic rings. The van der Waals surface area contributed by atoms with Crippen LogP contribution >= 0.6 is 11.3 Å². The van der Waals surface area contributed by atoms with Crippen molar-refractivity contribution in [3.63, 3.8) is 0 Å². The molecule has 0 atom stereocenters. The molecule has 0 saturated carbocycles. The molecule has 4 heterocycles. The maximum atomic E-state index is 4.50. The Hall–Kier alpha value is -8.31. The number of benzene rings is 9. The van der Waals surface area contributed by atoms with Crippen LogP contribution in [0.15, 0.2) is 267 Å². The number of aromatic nitrogens is 3. The second-order valence-corrected chi connectivity index (χ2v) is 20.8. The van der Waals surface area contributed by atoms with Gasteiger partial charge >= 0.3 is 0 Å². The Kier molecular flexibility index (Phi) is 19.3. The molecule has 0 aliphatic rings. The molecule has 81 heavy (non-hydrogen) atoms. The Morgan fingerprint density at radius 2 is 0.617 bits per heavy atom. The summed E-state index contributed by atoms with van der Waals surface area (Å²) in [5, 5.41) is 1.17. The second kappa shape index (κ2) is 27.2. The summed E-state index contributed by atoms with van der Waals surface area (Å²) < 4.78 is 1.26. The molecule has 0 spiro atoms. The zero-order valence-electron chi connectivity index (χ0n) is 45.3. The normalized spacial score (nSPS) is 10.5. The fraction of sp³-hybridized carbons (Fsp3) is 0.0533. The molecule has 0 unspecified atom stereocenters. The summed E-state index contributed by atoms with van der Waals surface area (Å²) >= 11 is 1.73. The minimum absolute atomic E-state index is 0. The summed E-state index contributed by atoms with van der Waals surface area (Å²) in [4.78, 5) is 14.4. The molecule has 0 aliphatic heterocycles. The van der Waals surface area contributed by atoms with Gasteiger partial charge in [0.15, 0.2) is 0 Å². The maximum Gasteiger partial charge on any atom is 0.0161 e. The SMILES string of the molecule is Cc1ccc(-c2cc(-c3ccc(C)cc3)cc(-c3cc[c-]c(-c4ccccn4)c3)c2)cc1.Cc1ccc(-c2cc(-c3ccc(C)cc3)cc(-c3cc[c-]c(-c4ccccn4)c3)c2)cc1.[Ir].[Ir].[c-]1c(-c2ccccn2)sc2ccccc12. The van der Waals surface area contributed by atoms with E-state index in [2.05, 4.69) is 237 Å². The first-order chi connectivity index (χ1) is 38.7. The summed E-state index contributed by atoms with van der Waals surface area (Å²) in [6.45, 7) is 8.49. The van der Waals surface area contributed by atoms with Crippen molar-refractivity contribution < 1.29 is 40.2 Å². The van der Waals surface area contributed by atoms with Crippen molar-refractivity contribution in [1.82, 2.24) is 15.0 Å². The van der Waals surface area contributed by atoms with E-state index in [0.29, 0.717) is 0 Å². The van der Waals surface area contributed by atoms with E-state index >= 15 is 0 Å². The van der Waals surface area contributed by atoms with Gasteiger partial charge in [0.1, 0.15) is 0 Å². The van der Waals surface area contributed by atoms with Crippen LogP contribution in [0, 0.1) is 45.9 Å². The Balaban J connectivity index is 0.000000154. The molecule has 0 N–H and O–H groups in total. The van der Waals surface area contributed by atoms with Crippen molar-refractivity contribution in [1.29, 1.82) is 0 Å². The number of nitrogens with zero attached hydrogens (tertiary/aromatic N) is 3. The molecule has 398 valence electrons. The van der Waals surface area contributed by atoms with Crippen molar-refractivity contribution in [2.45, 2.75) is 27.7 Å². The molecule has 0 fully saturated rings. The van der Waals surface area contributed by atoms with Gasteiger partial charge < -0.3 is 15.0 Å². The maximum absolute atomic E-state index is 4.50. The van der Waals surface area contributed by atoms with Crippen LogP contribution in [0.5, 0.6) is 0 Å². The molecule has 0 aliphatic carbocycles. The van der Waals surface area contributed by atoms with Crippen LogP contribution in [0.2, 0.25) is 0 Å². The van der Waals surface area contributed by atoms with E-state index < -0.39 is 0 Å². The van der Waals surface area contributed by atoms with Crippen molar-refractivity contribution in [2.75, 3.05) is 0 Å². The molecule has 9 aromatic carbocycles. The monoisotopic (exact) mass is 1420 g/mol. The van der Waals surface area contributed by atoms with Gasteiger partial charge in [-0.2, -0.15) is 0 Å². The van der Waals surface area contributed by atoms with Crippen molar-refractivity contribution in [3.05, 3.63) is 308 Å². The topological polar surface area (TPSA) is 38.7 Å². The van der Waals surface area contributed by atoms with E-state index in [1.165, 1.54) is 88.0 Å². The number of pyridine rings is 3. The van der Waals surface area contributed by atoms with Gasteiger partial charge in [0.05, 0.1) is 0 Å². The number of hydrogen-bond donors (Lipinski definition) is 0. The first-order valence-corrected chi connectivity index (χ1v) is 27.3. The zero-order valence-corrected chi connectivity index (χ0v) is 50.9. The molecule has 13 rings (SSSR count). The zero-order chi connectivity index (χ0) is 53.9. The Morgan fingerprint density at radius 1 is 0.296 bits per heavy atom. The third kappa shape index (κ3) is 14.5. The molecular formula is C75H56Ir2N3S-3. The summed E-state index contributed by atoms with van der Waals surface area (Å²) in [5.74, 6) is 0. The van der Waals surface area contributed by atoms with Crippen LogP contribution < -0.4 is 0 Å². The second-order valence-electron chi connectivity index (χ2n) is 19.7. The number of thiophene rings is 1. The van der Waals surface area contributed by atoms with E-state index in [1.807, 2.05) is 91.4 Å². The predicted molar refractivity (Wildman–Crippen MR) is 332 cm³/mol. The summed E-state index contributed by atoms with van der Waals surface area (Å²) in [6, 6.07) is 97.4. The van der Waals surface area contributed by atoms with Crippen LogP contribution in [-0.2, 0) is 40.2 Å². The number of fused-ring (bicyclic) bond motifs is 1. The standard InChI is InChI=1S/2C31H24N.C13H8NS.2Ir/c2*1-22-9-13-24(14-10-22)28-19-29(25-15-11-23(2)12-16-25)21-30(20-28)26-6-5-7-27(18-26)31-8-3-4-17-32-31;1-2-7-12-10(5-1)9-13(15-12)11-6-3-4-8-14-11;;/h2*3-6,8-21H,1-2H3;1-8H;;/q3*-1;;. The quantitative estimate of drug-likeness (QED) is 0.135. The molecule has 0 bridgehead atoms. The molecule has 2 radical (unpaired) electrons. The van der Waals surface area contributed by atoms with Crippen LogP contribution in [0.3, 0.4) is 0 Å². The van der Waals surface area contributed by atoms with Gasteiger partial charge in [-0.3, -0.25) is 0 Å². The van der Waals surface area contributed by atoms with Crippen molar-refractivity contribution in [3.8, 4) is 99.8 Å². The predicted octanol–water partition coefficient (Wildman–Crippen LogP) is 20.1. The van der Waals surface area contributed by atoms with E-state index in [0.717, 1.165) is 44.2 Å². The van der Waals surface area contributed by atoms with Crippen LogP contribution in [0.1, 0.15) is 22.3 Å².